The number of imide groups is 1. The molecule has 0 spiro atoms. The fourth-order valence-electron chi connectivity index (χ4n) is 1.93. The lowest BCUT2D eigenvalue weighted by atomic mass is 9.99. The molecule has 4 heteroatoms. The van der Waals surface area contributed by atoms with Crippen molar-refractivity contribution in [1.29, 1.82) is 0 Å². The first-order chi connectivity index (χ1) is 8.24. The van der Waals surface area contributed by atoms with Crippen molar-refractivity contribution in [3.8, 4) is 0 Å². The van der Waals surface area contributed by atoms with Crippen LogP contribution in [0.1, 0.15) is 22.8 Å². The molecule has 90 valence electrons. The molecule has 0 saturated carbocycles. The molecule has 0 fully saturated rings. The van der Waals surface area contributed by atoms with Gasteiger partial charge >= 0.3 is 0 Å². The predicted octanol–water partition coefficient (Wildman–Crippen LogP) is 1.25. The van der Waals surface area contributed by atoms with Crippen molar-refractivity contribution in [2.45, 2.75) is 13.3 Å². The molecule has 0 radical (unpaired) electrons. The largest absolute Gasteiger partial charge is 0.380 e. The molecule has 0 bridgehead atoms. The minimum absolute atomic E-state index is 0.145. The molecule has 1 heterocycles. The molecular weight excluding hydrogens is 218 g/mol. The highest BCUT2D eigenvalue weighted by Gasteiger charge is 2.29. The highest BCUT2D eigenvalue weighted by Crippen LogP contribution is 2.19. The standard InChI is InChI=1S/C13H15NO3/c1-2-17-8-7-14-12(15)9-10-5-3-4-6-11(10)13(14)16/h3-6H,2,7-9H2,1H3. The maximum absolute atomic E-state index is 12.1. The first kappa shape index (κ1) is 11.8. The van der Waals surface area contributed by atoms with Gasteiger partial charge in [0.2, 0.25) is 5.91 Å². The third-order valence-electron chi connectivity index (χ3n) is 2.80. The monoisotopic (exact) mass is 233 g/mol. The Morgan fingerprint density at radius 2 is 2.06 bits per heavy atom. The third kappa shape index (κ3) is 2.36. The summed E-state index contributed by atoms with van der Waals surface area (Å²) in [6.07, 6.45) is 0.300. The summed E-state index contributed by atoms with van der Waals surface area (Å²) in [4.78, 5) is 25.2. The average Bonchev–Trinajstić information content (AvgIpc) is 2.33. The van der Waals surface area contributed by atoms with Crippen LogP contribution < -0.4 is 0 Å². The van der Waals surface area contributed by atoms with Crippen LogP contribution in [0.3, 0.4) is 0 Å². The first-order valence-corrected chi connectivity index (χ1v) is 5.74. The number of hydrogen-bond acceptors (Lipinski definition) is 3. The van der Waals surface area contributed by atoms with Gasteiger partial charge in [0.15, 0.2) is 0 Å². The van der Waals surface area contributed by atoms with Gasteiger partial charge in [-0.25, -0.2) is 0 Å². The number of benzene rings is 1. The van der Waals surface area contributed by atoms with Crippen LogP contribution in [-0.2, 0) is 16.0 Å². The summed E-state index contributed by atoms with van der Waals surface area (Å²) in [5.41, 5.74) is 1.44. The van der Waals surface area contributed by atoms with Gasteiger partial charge in [-0.2, -0.15) is 0 Å². The van der Waals surface area contributed by atoms with Gasteiger partial charge in [0.1, 0.15) is 0 Å². The molecule has 2 rings (SSSR count). The Morgan fingerprint density at radius 1 is 1.29 bits per heavy atom. The number of carbonyl (C=O) groups excluding carboxylic acids is 2. The summed E-state index contributed by atoms with van der Waals surface area (Å²) in [6.45, 7) is 3.21. The van der Waals surface area contributed by atoms with Gasteiger partial charge in [-0.15, -0.1) is 0 Å². The average molecular weight is 233 g/mol. The second kappa shape index (κ2) is 5.10. The zero-order chi connectivity index (χ0) is 12.3. The Morgan fingerprint density at radius 3 is 2.82 bits per heavy atom. The van der Waals surface area contributed by atoms with Crippen molar-refractivity contribution < 1.29 is 14.3 Å². The minimum atomic E-state index is -0.212. The topological polar surface area (TPSA) is 46.6 Å². The number of amides is 2. The molecular formula is C13H15NO3. The Balaban J connectivity index is 2.16. The van der Waals surface area contributed by atoms with E-state index in [-0.39, 0.29) is 11.8 Å². The molecule has 0 saturated heterocycles. The Hall–Kier alpha value is -1.68. The van der Waals surface area contributed by atoms with E-state index in [9.17, 15) is 9.59 Å². The van der Waals surface area contributed by atoms with E-state index in [2.05, 4.69) is 0 Å². The van der Waals surface area contributed by atoms with Crippen molar-refractivity contribution in [2.75, 3.05) is 19.8 Å². The Bertz CT molecular complexity index is 442. The SMILES string of the molecule is CCOCCN1C(=O)Cc2ccccc2C1=O. The van der Waals surface area contributed by atoms with Crippen LogP contribution in [-0.4, -0.2) is 36.5 Å². The molecule has 0 aromatic heterocycles. The van der Waals surface area contributed by atoms with Crippen LogP contribution in [0, 0.1) is 0 Å². The van der Waals surface area contributed by atoms with Crippen LogP contribution in [0.5, 0.6) is 0 Å². The number of fused-ring (bicyclic) bond motifs is 1. The van der Waals surface area contributed by atoms with Gasteiger partial charge in [-0.05, 0) is 18.6 Å². The number of nitrogens with zero attached hydrogens (tertiary/aromatic N) is 1. The summed E-state index contributed by atoms with van der Waals surface area (Å²) in [6, 6.07) is 7.24. The van der Waals surface area contributed by atoms with Gasteiger partial charge in [0.05, 0.1) is 19.6 Å². The lowest BCUT2D eigenvalue weighted by Gasteiger charge is -2.26. The quantitative estimate of drug-likeness (QED) is 0.581. The first-order valence-electron chi connectivity index (χ1n) is 5.74. The van der Waals surface area contributed by atoms with Gasteiger partial charge in [-0.3, -0.25) is 14.5 Å². The molecule has 0 aliphatic carbocycles. The van der Waals surface area contributed by atoms with E-state index in [4.69, 9.17) is 4.74 Å². The smallest absolute Gasteiger partial charge is 0.260 e. The predicted molar refractivity (Wildman–Crippen MR) is 62.7 cm³/mol. The fraction of sp³-hybridized carbons (Fsp3) is 0.385. The summed E-state index contributed by atoms with van der Waals surface area (Å²) < 4.78 is 5.17. The Kier molecular flexibility index (Phi) is 3.54. The molecule has 0 N–H and O–H groups in total. The van der Waals surface area contributed by atoms with E-state index in [1.165, 1.54) is 4.90 Å². The molecule has 17 heavy (non-hydrogen) atoms. The number of carbonyl (C=O) groups is 2. The number of hydrogen-bond donors (Lipinski definition) is 0. The minimum Gasteiger partial charge on any atom is -0.380 e. The zero-order valence-corrected chi connectivity index (χ0v) is 9.81. The van der Waals surface area contributed by atoms with Crippen LogP contribution in [0.25, 0.3) is 0 Å². The van der Waals surface area contributed by atoms with Gasteiger partial charge in [0, 0.05) is 12.2 Å². The van der Waals surface area contributed by atoms with Crippen LogP contribution in [0.15, 0.2) is 24.3 Å². The van der Waals surface area contributed by atoms with Crippen LogP contribution in [0.4, 0.5) is 0 Å². The molecule has 1 aliphatic heterocycles. The van der Waals surface area contributed by atoms with Crippen molar-refractivity contribution in [1.82, 2.24) is 4.90 Å². The fourth-order valence-corrected chi connectivity index (χ4v) is 1.93. The van der Waals surface area contributed by atoms with E-state index in [0.717, 1.165) is 5.56 Å². The Labute approximate surface area is 100 Å². The van der Waals surface area contributed by atoms with Gasteiger partial charge in [-0.1, -0.05) is 18.2 Å². The van der Waals surface area contributed by atoms with Crippen LogP contribution in [0.2, 0.25) is 0 Å². The lowest BCUT2D eigenvalue weighted by molar-refractivity contribution is -0.129. The summed E-state index contributed by atoms with van der Waals surface area (Å²) in [7, 11) is 0. The second-order valence-corrected chi connectivity index (χ2v) is 3.88. The van der Waals surface area contributed by atoms with E-state index < -0.39 is 0 Å². The third-order valence-corrected chi connectivity index (χ3v) is 2.80. The van der Waals surface area contributed by atoms with E-state index >= 15 is 0 Å². The van der Waals surface area contributed by atoms with Gasteiger partial charge < -0.3 is 4.74 Å². The molecule has 0 atom stereocenters. The lowest BCUT2D eigenvalue weighted by Crippen LogP contribution is -2.44. The van der Waals surface area contributed by atoms with Crippen molar-refractivity contribution in [3.63, 3.8) is 0 Å². The number of ether oxygens (including phenoxy) is 1. The summed E-state index contributed by atoms with van der Waals surface area (Å²) in [5, 5.41) is 0. The maximum Gasteiger partial charge on any atom is 0.260 e. The van der Waals surface area contributed by atoms with Crippen molar-refractivity contribution >= 4 is 11.8 Å². The van der Waals surface area contributed by atoms with E-state index in [1.54, 1.807) is 6.07 Å². The highest BCUT2D eigenvalue weighted by atomic mass is 16.5. The molecule has 1 aromatic carbocycles. The van der Waals surface area contributed by atoms with Crippen LogP contribution >= 0.6 is 0 Å². The maximum atomic E-state index is 12.1. The molecule has 4 nitrogen and oxygen atoms in total. The normalized spacial score (nSPS) is 15.0. The zero-order valence-electron chi connectivity index (χ0n) is 9.81. The van der Waals surface area contributed by atoms with Gasteiger partial charge in [0.25, 0.3) is 5.91 Å². The van der Waals surface area contributed by atoms with E-state index in [0.29, 0.717) is 31.7 Å². The molecule has 0 unspecified atom stereocenters. The molecule has 1 aromatic rings. The summed E-state index contributed by atoms with van der Waals surface area (Å²) >= 11 is 0. The van der Waals surface area contributed by atoms with Crippen molar-refractivity contribution in [3.05, 3.63) is 35.4 Å². The van der Waals surface area contributed by atoms with Crippen molar-refractivity contribution in [2.24, 2.45) is 0 Å². The molecule has 2 amide bonds. The highest BCUT2D eigenvalue weighted by molar-refractivity contribution is 6.09. The second-order valence-electron chi connectivity index (χ2n) is 3.88. The number of rotatable bonds is 4. The summed E-state index contributed by atoms with van der Waals surface area (Å²) in [5.74, 6) is -0.357. The molecule has 1 aliphatic rings. The van der Waals surface area contributed by atoms with E-state index in [1.807, 2.05) is 25.1 Å².